The van der Waals surface area contributed by atoms with Crippen molar-refractivity contribution in [1.29, 1.82) is 0 Å². The van der Waals surface area contributed by atoms with Gasteiger partial charge in [0, 0.05) is 23.3 Å². The predicted molar refractivity (Wildman–Crippen MR) is 128 cm³/mol. The van der Waals surface area contributed by atoms with Gasteiger partial charge in [-0.25, -0.2) is 13.6 Å². The molecular formula is C23H26ClF2N3O3S. The van der Waals surface area contributed by atoms with Gasteiger partial charge in [-0.05, 0) is 69.7 Å². The SMILES string of the molecule is CC(CN[C@@H]1SC(c2ccc(F)c(F)c2)=C(O)N1c1ccc(Cl)cc1)NC(=O)OC(C)(C)C. The summed E-state index contributed by atoms with van der Waals surface area (Å²) in [6, 6.07) is 10.0. The highest BCUT2D eigenvalue weighted by atomic mass is 35.5. The van der Waals surface area contributed by atoms with Gasteiger partial charge >= 0.3 is 6.09 Å². The van der Waals surface area contributed by atoms with Crippen LogP contribution in [0.3, 0.4) is 0 Å². The minimum Gasteiger partial charge on any atom is -0.494 e. The number of thioether (sulfide) groups is 1. The number of halogens is 3. The summed E-state index contributed by atoms with van der Waals surface area (Å²) in [5.41, 5.74) is -0.108. The van der Waals surface area contributed by atoms with Crippen LogP contribution >= 0.6 is 23.4 Å². The van der Waals surface area contributed by atoms with Crippen LogP contribution in [0.5, 0.6) is 0 Å². The maximum absolute atomic E-state index is 13.8. The van der Waals surface area contributed by atoms with E-state index in [1.165, 1.54) is 17.8 Å². The lowest BCUT2D eigenvalue weighted by Crippen LogP contribution is -2.47. The Morgan fingerprint density at radius 2 is 1.88 bits per heavy atom. The normalized spacial score (nSPS) is 17.3. The fourth-order valence-corrected chi connectivity index (χ4v) is 4.42. The van der Waals surface area contributed by atoms with Crippen molar-refractivity contribution in [3.8, 4) is 0 Å². The molecule has 3 N–H and O–H groups in total. The lowest BCUT2D eigenvalue weighted by atomic mass is 10.2. The molecule has 3 rings (SSSR count). The van der Waals surface area contributed by atoms with Gasteiger partial charge in [0.2, 0.25) is 5.88 Å². The van der Waals surface area contributed by atoms with E-state index in [0.29, 0.717) is 27.7 Å². The summed E-state index contributed by atoms with van der Waals surface area (Å²) in [5.74, 6) is -2.08. The number of hydrogen-bond donors (Lipinski definition) is 3. The Hall–Kier alpha value is -2.49. The first kappa shape index (κ1) is 25.1. The Kier molecular flexibility index (Phi) is 7.76. The van der Waals surface area contributed by atoms with E-state index >= 15 is 0 Å². The van der Waals surface area contributed by atoms with Crippen molar-refractivity contribution in [2.75, 3.05) is 11.4 Å². The summed E-state index contributed by atoms with van der Waals surface area (Å²) in [4.78, 5) is 14.0. The third kappa shape index (κ3) is 6.52. The van der Waals surface area contributed by atoms with Crippen LogP contribution in [0.1, 0.15) is 33.3 Å². The lowest BCUT2D eigenvalue weighted by molar-refractivity contribution is 0.0508. The molecule has 0 aromatic heterocycles. The van der Waals surface area contributed by atoms with Gasteiger partial charge in [-0.1, -0.05) is 29.4 Å². The molecule has 2 atom stereocenters. The number of amides is 1. The molecule has 0 saturated carbocycles. The maximum atomic E-state index is 13.8. The number of carbonyl (C=O) groups excluding carboxylic acids is 1. The third-order valence-corrected chi connectivity index (χ3v) is 6.05. The van der Waals surface area contributed by atoms with Crippen LogP contribution < -0.4 is 15.5 Å². The predicted octanol–water partition coefficient (Wildman–Crippen LogP) is 5.84. The highest BCUT2D eigenvalue weighted by Gasteiger charge is 2.35. The second kappa shape index (κ2) is 10.2. The molecule has 33 heavy (non-hydrogen) atoms. The van der Waals surface area contributed by atoms with Crippen molar-refractivity contribution >= 4 is 40.0 Å². The molecule has 6 nitrogen and oxygen atoms in total. The molecule has 178 valence electrons. The van der Waals surface area contributed by atoms with Crippen LogP contribution in [-0.2, 0) is 4.74 Å². The topological polar surface area (TPSA) is 73.8 Å². The van der Waals surface area contributed by atoms with E-state index in [9.17, 15) is 18.7 Å². The van der Waals surface area contributed by atoms with Crippen molar-refractivity contribution in [3.05, 3.63) is 70.6 Å². The number of carbonyl (C=O) groups is 1. The van der Waals surface area contributed by atoms with Gasteiger partial charge in [0.15, 0.2) is 11.6 Å². The number of rotatable bonds is 6. The average Bonchev–Trinajstić information content (AvgIpc) is 3.04. The Bertz CT molecular complexity index is 1040. The Labute approximate surface area is 200 Å². The van der Waals surface area contributed by atoms with Crippen LogP contribution in [0.15, 0.2) is 48.3 Å². The highest BCUT2D eigenvalue weighted by Crippen LogP contribution is 2.44. The minimum absolute atomic E-state index is 0.112. The first-order valence-electron chi connectivity index (χ1n) is 10.3. The maximum Gasteiger partial charge on any atom is 0.407 e. The summed E-state index contributed by atoms with van der Waals surface area (Å²) in [6.07, 6.45) is -0.533. The summed E-state index contributed by atoms with van der Waals surface area (Å²) in [6.45, 7) is 7.50. The first-order valence-corrected chi connectivity index (χ1v) is 11.5. The van der Waals surface area contributed by atoms with Crippen LogP contribution in [0.4, 0.5) is 19.3 Å². The van der Waals surface area contributed by atoms with Crippen molar-refractivity contribution in [1.82, 2.24) is 10.6 Å². The van der Waals surface area contributed by atoms with Crippen LogP contribution in [0.2, 0.25) is 5.02 Å². The molecule has 10 heteroatoms. The average molecular weight is 498 g/mol. The number of aliphatic hydroxyl groups excluding tert-OH is 1. The summed E-state index contributed by atoms with van der Waals surface area (Å²) >= 11 is 7.24. The van der Waals surface area contributed by atoms with Crippen molar-refractivity contribution in [3.63, 3.8) is 0 Å². The number of nitrogens with zero attached hydrogens (tertiary/aromatic N) is 1. The fourth-order valence-electron chi connectivity index (χ4n) is 3.10. The molecule has 2 aromatic carbocycles. The number of alkyl carbamates (subject to hydrolysis) is 1. The molecule has 0 saturated heterocycles. The zero-order valence-electron chi connectivity index (χ0n) is 18.7. The standard InChI is InChI=1S/C23H26ClF2N3O3S/c1-13(28-22(31)32-23(2,3)4)12-27-21-29(16-8-6-15(24)7-9-16)20(30)19(33-21)14-5-10-17(25)18(26)11-14/h5-11,13,21,27,30H,12H2,1-4H3,(H,28,31)/t13?,21-/m0/s1. The second-order valence-electron chi connectivity index (χ2n) is 8.55. The molecule has 1 aliphatic rings. The zero-order valence-corrected chi connectivity index (χ0v) is 20.2. The molecule has 1 aliphatic heterocycles. The van der Waals surface area contributed by atoms with E-state index in [4.69, 9.17) is 16.3 Å². The van der Waals surface area contributed by atoms with Gasteiger partial charge < -0.3 is 15.2 Å². The first-order chi connectivity index (χ1) is 15.4. The highest BCUT2D eigenvalue weighted by molar-refractivity contribution is 8.09. The molecule has 0 bridgehead atoms. The van der Waals surface area contributed by atoms with Crippen LogP contribution in [-0.4, -0.2) is 34.9 Å². The second-order valence-corrected chi connectivity index (χ2v) is 10.1. The molecule has 1 heterocycles. The van der Waals surface area contributed by atoms with Gasteiger partial charge in [0.25, 0.3) is 0 Å². The van der Waals surface area contributed by atoms with E-state index in [1.54, 1.807) is 49.9 Å². The lowest BCUT2D eigenvalue weighted by Gasteiger charge is -2.28. The molecular weight excluding hydrogens is 472 g/mol. The van der Waals surface area contributed by atoms with Gasteiger partial charge in [-0.3, -0.25) is 10.2 Å². The van der Waals surface area contributed by atoms with Crippen molar-refractivity contribution in [2.45, 2.75) is 44.8 Å². The molecule has 0 aliphatic carbocycles. The van der Waals surface area contributed by atoms with Crippen molar-refractivity contribution < 1.29 is 23.4 Å². The quantitative estimate of drug-likeness (QED) is 0.465. The summed E-state index contributed by atoms with van der Waals surface area (Å²) in [7, 11) is 0. The number of benzene rings is 2. The van der Waals surface area contributed by atoms with E-state index in [-0.39, 0.29) is 11.9 Å². The van der Waals surface area contributed by atoms with E-state index in [1.807, 2.05) is 6.92 Å². The summed E-state index contributed by atoms with van der Waals surface area (Å²) < 4.78 is 32.5. The largest absolute Gasteiger partial charge is 0.494 e. The smallest absolute Gasteiger partial charge is 0.407 e. The third-order valence-electron chi connectivity index (χ3n) is 4.54. The molecule has 0 fully saturated rings. The van der Waals surface area contributed by atoms with E-state index in [0.717, 1.165) is 12.1 Å². The number of anilines is 1. The minimum atomic E-state index is -1.00. The number of aliphatic hydroxyl groups is 1. The Morgan fingerprint density at radius 1 is 1.21 bits per heavy atom. The monoisotopic (exact) mass is 497 g/mol. The van der Waals surface area contributed by atoms with Gasteiger partial charge in [0.05, 0.1) is 4.91 Å². The van der Waals surface area contributed by atoms with Crippen molar-refractivity contribution in [2.24, 2.45) is 0 Å². The molecule has 1 unspecified atom stereocenters. The fraction of sp³-hybridized carbons (Fsp3) is 0.348. The Morgan fingerprint density at radius 3 is 2.48 bits per heavy atom. The van der Waals surface area contributed by atoms with E-state index < -0.39 is 28.8 Å². The molecule has 1 amide bonds. The number of ether oxygens (including phenoxy) is 1. The van der Waals surface area contributed by atoms with Gasteiger partial charge in [0.1, 0.15) is 11.1 Å². The Balaban J connectivity index is 1.79. The molecule has 2 aromatic rings. The number of hydrogen-bond acceptors (Lipinski definition) is 6. The van der Waals surface area contributed by atoms with Gasteiger partial charge in [-0.15, -0.1) is 0 Å². The van der Waals surface area contributed by atoms with Crippen LogP contribution in [0.25, 0.3) is 4.91 Å². The number of nitrogens with one attached hydrogen (secondary N) is 2. The molecule has 0 spiro atoms. The molecule has 0 radical (unpaired) electrons. The van der Waals surface area contributed by atoms with Crippen LogP contribution in [0, 0.1) is 11.6 Å². The van der Waals surface area contributed by atoms with E-state index in [2.05, 4.69) is 10.6 Å². The summed E-state index contributed by atoms with van der Waals surface area (Å²) in [5, 5.41) is 17.6. The zero-order chi connectivity index (χ0) is 24.3. The van der Waals surface area contributed by atoms with Gasteiger partial charge in [-0.2, -0.15) is 0 Å².